The lowest BCUT2D eigenvalue weighted by Crippen LogP contribution is -2.47. The Morgan fingerprint density at radius 3 is 2.22 bits per heavy atom. The largest absolute Gasteiger partial charge is 0.369 e. The van der Waals surface area contributed by atoms with Gasteiger partial charge in [0.15, 0.2) is 0 Å². The van der Waals surface area contributed by atoms with Crippen LogP contribution in [0.5, 0.6) is 0 Å². The number of para-hydroxylation sites is 1. The number of aryl methyl sites for hydroxylation is 1. The Morgan fingerprint density at radius 2 is 1.44 bits per heavy atom. The molecule has 1 aliphatic rings. The molecule has 0 unspecified atom stereocenters. The summed E-state index contributed by atoms with van der Waals surface area (Å²) < 4.78 is 0. The van der Waals surface area contributed by atoms with Crippen molar-refractivity contribution in [2.75, 3.05) is 47.8 Å². The third-order valence-electron chi connectivity index (χ3n) is 6.10. The summed E-state index contributed by atoms with van der Waals surface area (Å²) in [6.45, 7) is 6.73. The van der Waals surface area contributed by atoms with E-state index in [0.717, 1.165) is 61.8 Å². The number of nitrogens with one attached hydrogen (secondary N) is 1. The molecule has 1 fully saturated rings. The van der Waals surface area contributed by atoms with Crippen molar-refractivity contribution >= 4 is 28.4 Å². The Hall–Kier alpha value is -3.60. The Bertz CT molecular complexity index is 1170. The van der Waals surface area contributed by atoms with Crippen molar-refractivity contribution in [1.29, 1.82) is 0 Å². The van der Waals surface area contributed by atoms with Gasteiger partial charge in [0.25, 0.3) is 0 Å². The van der Waals surface area contributed by atoms with Crippen molar-refractivity contribution in [1.82, 2.24) is 9.97 Å². The van der Waals surface area contributed by atoms with Gasteiger partial charge in [0.05, 0.1) is 5.52 Å². The number of aromatic nitrogens is 2. The minimum absolute atomic E-state index is 0.814. The minimum atomic E-state index is 0.814. The van der Waals surface area contributed by atoms with Gasteiger partial charge in [0, 0.05) is 43.8 Å². The zero-order chi connectivity index (χ0) is 21.8. The van der Waals surface area contributed by atoms with Crippen LogP contribution in [0.4, 0.5) is 17.5 Å². The molecule has 0 aliphatic carbocycles. The lowest BCUT2D eigenvalue weighted by Gasteiger charge is -2.36. The molecule has 162 valence electrons. The molecule has 5 nitrogen and oxygen atoms in total. The first-order valence-corrected chi connectivity index (χ1v) is 11.4. The van der Waals surface area contributed by atoms with Crippen LogP contribution in [-0.2, 0) is 6.42 Å². The molecule has 5 rings (SSSR count). The highest BCUT2D eigenvalue weighted by Crippen LogP contribution is 2.25. The summed E-state index contributed by atoms with van der Waals surface area (Å²) in [5.74, 6) is 1.73. The molecule has 1 aromatic heterocycles. The lowest BCUT2D eigenvalue weighted by molar-refractivity contribution is 0.641. The van der Waals surface area contributed by atoms with Crippen LogP contribution in [0.2, 0.25) is 0 Å². The summed E-state index contributed by atoms with van der Waals surface area (Å²) in [5, 5.41) is 4.64. The molecule has 3 aromatic carbocycles. The van der Waals surface area contributed by atoms with E-state index in [9.17, 15) is 0 Å². The van der Waals surface area contributed by atoms with E-state index >= 15 is 0 Å². The molecule has 0 radical (unpaired) electrons. The van der Waals surface area contributed by atoms with Crippen LogP contribution in [0.25, 0.3) is 10.9 Å². The van der Waals surface area contributed by atoms with E-state index in [-0.39, 0.29) is 0 Å². The van der Waals surface area contributed by atoms with Crippen molar-refractivity contribution in [2.24, 2.45) is 0 Å². The molecule has 2 heterocycles. The maximum Gasteiger partial charge on any atom is 0.228 e. The third kappa shape index (κ3) is 4.52. The normalized spacial score (nSPS) is 14.0. The summed E-state index contributed by atoms with van der Waals surface area (Å²) in [6.07, 6.45) is 0.962. The van der Waals surface area contributed by atoms with Crippen molar-refractivity contribution in [3.05, 3.63) is 90.0 Å². The van der Waals surface area contributed by atoms with Crippen LogP contribution < -0.4 is 15.1 Å². The van der Waals surface area contributed by atoms with Crippen LogP contribution in [0.15, 0.2) is 78.9 Å². The zero-order valence-electron chi connectivity index (χ0n) is 18.5. The first-order valence-electron chi connectivity index (χ1n) is 11.4. The van der Waals surface area contributed by atoms with Crippen molar-refractivity contribution in [3.63, 3.8) is 0 Å². The number of anilines is 3. The Kier molecular flexibility index (Phi) is 5.88. The van der Waals surface area contributed by atoms with Crippen LogP contribution in [0.3, 0.4) is 0 Å². The van der Waals surface area contributed by atoms with Gasteiger partial charge in [-0.1, -0.05) is 60.2 Å². The van der Waals surface area contributed by atoms with Gasteiger partial charge in [-0.15, -0.1) is 0 Å². The lowest BCUT2D eigenvalue weighted by atomic mass is 10.1. The van der Waals surface area contributed by atoms with Gasteiger partial charge < -0.3 is 15.1 Å². The monoisotopic (exact) mass is 423 g/mol. The van der Waals surface area contributed by atoms with E-state index in [1.165, 1.54) is 16.8 Å². The second-order valence-corrected chi connectivity index (χ2v) is 8.36. The fourth-order valence-electron chi connectivity index (χ4n) is 4.23. The van der Waals surface area contributed by atoms with Crippen molar-refractivity contribution in [3.8, 4) is 0 Å². The van der Waals surface area contributed by atoms with Gasteiger partial charge in [-0.3, -0.25) is 0 Å². The maximum atomic E-state index is 4.95. The standard InChI is InChI=1S/C27H29N5/c1-21-11-13-23(14-12-21)31-17-19-32(20-18-31)27-29-25-10-6-5-9-24(25)26(30-27)28-16-15-22-7-3-2-4-8-22/h2-14H,15-20H2,1H3,(H,28,29,30). The van der Waals surface area contributed by atoms with Crippen LogP contribution in [0.1, 0.15) is 11.1 Å². The van der Waals surface area contributed by atoms with E-state index in [0.29, 0.717) is 0 Å². The predicted octanol–water partition coefficient (Wildman–Crippen LogP) is 4.92. The van der Waals surface area contributed by atoms with E-state index < -0.39 is 0 Å². The van der Waals surface area contributed by atoms with Crippen molar-refractivity contribution < 1.29 is 0 Å². The summed E-state index contributed by atoms with van der Waals surface area (Å²) >= 11 is 0. The zero-order valence-corrected chi connectivity index (χ0v) is 18.5. The first-order chi connectivity index (χ1) is 15.8. The Labute approximate surface area is 189 Å². The van der Waals surface area contributed by atoms with E-state index in [2.05, 4.69) is 88.8 Å². The molecule has 32 heavy (non-hydrogen) atoms. The summed E-state index contributed by atoms with van der Waals surface area (Å²) in [5.41, 5.74) is 4.90. The number of piperazine rings is 1. The molecule has 1 saturated heterocycles. The number of hydrogen-bond donors (Lipinski definition) is 1. The highest BCUT2D eigenvalue weighted by Gasteiger charge is 2.20. The van der Waals surface area contributed by atoms with Gasteiger partial charge in [0.1, 0.15) is 5.82 Å². The number of benzene rings is 3. The Balaban J connectivity index is 1.31. The molecule has 4 aromatic rings. The molecule has 1 N–H and O–H groups in total. The fraction of sp³-hybridized carbons (Fsp3) is 0.259. The summed E-state index contributed by atoms with van der Waals surface area (Å²) in [7, 11) is 0. The number of rotatable bonds is 6. The van der Waals surface area contributed by atoms with Crippen LogP contribution in [0, 0.1) is 6.92 Å². The van der Waals surface area contributed by atoms with Gasteiger partial charge in [0.2, 0.25) is 5.95 Å². The molecule has 0 saturated carbocycles. The van der Waals surface area contributed by atoms with Gasteiger partial charge in [-0.05, 0) is 43.2 Å². The predicted molar refractivity (Wildman–Crippen MR) is 134 cm³/mol. The van der Waals surface area contributed by atoms with E-state index in [1.54, 1.807) is 0 Å². The molecule has 0 bridgehead atoms. The van der Waals surface area contributed by atoms with E-state index in [1.807, 2.05) is 12.1 Å². The fourth-order valence-corrected chi connectivity index (χ4v) is 4.23. The summed E-state index contributed by atoms with van der Waals surface area (Å²) in [4.78, 5) is 14.6. The van der Waals surface area contributed by atoms with Crippen LogP contribution >= 0.6 is 0 Å². The SMILES string of the molecule is Cc1ccc(N2CCN(c3nc(NCCc4ccccc4)c4ccccc4n3)CC2)cc1. The molecule has 0 amide bonds. The van der Waals surface area contributed by atoms with E-state index in [4.69, 9.17) is 9.97 Å². The number of nitrogens with zero attached hydrogens (tertiary/aromatic N) is 4. The highest BCUT2D eigenvalue weighted by atomic mass is 15.3. The van der Waals surface area contributed by atoms with Crippen molar-refractivity contribution in [2.45, 2.75) is 13.3 Å². The topological polar surface area (TPSA) is 44.3 Å². The average molecular weight is 424 g/mol. The smallest absolute Gasteiger partial charge is 0.228 e. The molecular formula is C27H29N5. The molecular weight excluding hydrogens is 394 g/mol. The number of fused-ring (bicyclic) bond motifs is 1. The second-order valence-electron chi connectivity index (χ2n) is 8.36. The molecule has 0 atom stereocenters. The van der Waals surface area contributed by atoms with Gasteiger partial charge in [-0.25, -0.2) is 4.98 Å². The van der Waals surface area contributed by atoms with Gasteiger partial charge >= 0.3 is 0 Å². The maximum absolute atomic E-state index is 4.95. The highest BCUT2D eigenvalue weighted by molar-refractivity contribution is 5.90. The van der Waals surface area contributed by atoms with Gasteiger partial charge in [-0.2, -0.15) is 4.98 Å². The average Bonchev–Trinajstić information content (AvgIpc) is 2.85. The minimum Gasteiger partial charge on any atom is -0.369 e. The third-order valence-corrected chi connectivity index (χ3v) is 6.10. The molecule has 0 spiro atoms. The second kappa shape index (κ2) is 9.27. The molecule has 1 aliphatic heterocycles. The first kappa shape index (κ1) is 20.3. The quantitative estimate of drug-likeness (QED) is 0.477. The van der Waals surface area contributed by atoms with Crippen LogP contribution in [-0.4, -0.2) is 42.7 Å². The molecule has 5 heteroatoms. The Morgan fingerprint density at radius 1 is 0.750 bits per heavy atom. The number of hydrogen-bond acceptors (Lipinski definition) is 5. The summed E-state index contributed by atoms with van der Waals surface area (Å²) in [6, 6.07) is 27.6.